The van der Waals surface area contributed by atoms with Crippen molar-refractivity contribution in [1.29, 1.82) is 0 Å². The number of para-hydroxylation sites is 1. The average Bonchev–Trinajstić information content (AvgIpc) is 3.65. The van der Waals surface area contributed by atoms with Crippen LogP contribution < -0.4 is 15.1 Å². The fourth-order valence-corrected chi connectivity index (χ4v) is 9.00. The quantitative estimate of drug-likeness (QED) is 0.195. The Hall–Kier alpha value is -3.89. The second kappa shape index (κ2) is 10.9. The van der Waals surface area contributed by atoms with Gasteiger partial charge in [0.25, 0.3) is 0 Å². The Morgan fingerprint density at radius 2 is 1.64 bits per heavy atom. The number of thiazole rings is 1. The van der Waals surface area contributed by atoms with Gasteiger partial charge in [-0.1, -0.05) is 47.4 Å². The summed E-state index contributed by atoms with van der Waals surface area (Å²) < 4.78 is 81.6. The molecule has 4 heterocycles. The molecule has 0 saturated carbocycles. The van der Waals surface area contributed by atoms with E-state index in [0.29, 0.717) is 15.8 Å². The van der Waals surface area contributed by atoms with Crippen molar-refractivity contribution < 1.29 is 40.7 Å². The standard InChI is InChI=1S/C28H17F6N3O4S3/c29-27(30,31)13-5-3-6-14(11-13)37-23(39)20-19(17-9-4-10-42-17)22-25(43-21(20)24(37)40)36(26(41)44-22)12-18(38)35-16-8-2-1-7-15(16)28(32,33)34/h1-11,19-21H,12H2,(H,35,38). The van der Waals surface area contributed by atoms with Crippen LogP contribution >= 0.6 is 34.4 Å². The maximum Gasteiger partial charge on any atom is 0.418 e. The molecular weight excluding hydrogens is 653 g/mol. The summed E-state index contributed by atoms with van der Waals surface area (Å²) >= 11 is 2.82. The Kier molecular flexibility index (Phi) is 7.49. The van der Waals surface area contributed by atoms with Crippen molar-refractivity contribution in [2.45, 2.75) is 35.1 Å². The van der Waals surface area contributed by atoms with Gasteiger partial charge in [-0.2, -0.15) is 26.3 Å². The second-order valence-electron chi connectivity index (χ2n) is 9.83. The molecule has 16 heteroatoms. The van der Waals surface area contributed by atoms with Crippen LogP contribution in [0.5, 0.6) is 0 Å². The molecule has 2 aromatic heterocycles. The third-order valence-electron chi connectivity index (χ3n) is 7.14. The second-order valence-corrected chi connectivity index (χ2v) is 12.9. The molecule has 3 amide bonds. The fraction of sp³-hybridized carbons (Fsp3) is 0.214. The lowest BCUT2D eigenvalue weighted by Gasteiger charge is -2.29. The molecule has 2 aromatic carbocycles. The van der Waals surface area contributed by atoms with Crippen LogP contribution in [0, 0.1) is 5.92 Å². The molecule has 1 N–H and O–H groups in total. The Morgan fingerprint density at radius 3 is 2.32 bits per heavy atom. The SMILES string of the molecule is O=C(Cn1c2c(sc1=O)C(c1cccs1)C1C(=O)N(c3cccc(C(F)(F)F)c3)C(=O)C1S2)Nc1ccccc1C(F)(F)F. The molecule has 0 bridgehead atoms. The summed E-state index contributed by atoms with van der Waals surface area (Å²) in [6.45, 7) is -0.683. The third kappa shape index (κ3) is 5.24. The molecule has 2 aliphatic rings. The number of carbonyl (C=O) groups excluding carboxylic acids is 3. The molecule has 2 aliphatic heterocycles. The highest BCUT2D eigenvalue weighted by atomic mass is 32.2. The largest absolute Gasteiger partial charge is 0.418 e. The van der Waals surface area contributed by atoms with Gasteiger partial charge in [0.15, 0.2) is 0 Å². The van der Waals surface area contributed by atoms with Crippen LogP contribution in [0.15, 0.2) is 75.9 Å². The van der Waals surface area contributed by atoms with Gasteiger partial charge < -0.3 is 5.32 Å². The van der Waals surface area contributed by atoms with Gasteiger partial charge in [-0.3, -0.25) is 23.7 Å². The molecular formula is C28H17F6N3O4S3. The highest BCUT2D eigenvalue weighted by Gasteiger charge is 2.57. The highest BCUT2D eigenvalue weighted by molar-refractivity contribution is 8.00. The van der Waals surface area contributed by atoms with Crippen LogP contribution in [-0.4, -0.2) is 27.5 Å². The van der Waals surface area contributed by atoms with E-state index in [4.69, 9.17) is 0 Å². The number of nitrogens with zero attached hydrogens (tertiary/aromatic N) is 2. The first-order valence-electron chi connectivity index (χ1n) is 12.7. The number of thioether (sulfide) groups is 1. The maximum absolute atomic E-state index is 13.8. The summed E-state index contributed by atoms with van der Waals surface area (Å²) in [7, 11) is 0. The van der Waals surface area contributed by atoms with Gasteiger partial charge in [0, 0.05) is 15.7 Å². The van der Waals surface area contributed by atoms with Crippen molar-refractivity contribution in [3.05, 3.63) is 96.6 Å². The molecule has 228 valence electrons. The number of rotatable bonds is 5. The summed E-state index contributed by atoms with van der Waals surface area (Å²) in [5.41, 5.74) is -2.87. The summed E-state index contributed by atoms with van der Waals surface area (Å²) in [5, 5.41) is 2.96. The van der Waals surface area contributed by atoms with Crippen LogP contribution in [-0.2, 0) is 33.3 Å². The van der Waals surface area contributed by atoms with E-state index in [1.165, 1.54) is 29.5 Å². The van der Waals surface area contributed by atoms with E-state index in [2.05, 4.69) is 5.32 Å². The number of nitrogens with one attached hydrogen (secondary N) is 1. The van der Waals surface area contributed by atoms with E-state index in [1.807, 2.05) is 0 Å². The average molecular weight is 670 g/mol. The topological polar surface area (TPSA) is 88.5 Å². The Balaban J connectivity index is 1.37. The first kappa shape index (κ1) is 30.1. The van der Waals surface area contributed by atoms with Crippen LogP contribution in [0.25, 0.3) is 0 Å². The van der Waals surface area contributed by atoms with Crippen molar-refractivity contribution in [2.24, 2.45) is 5.92 Å². The third-order valence-corrected chi connectivity index (χ3v) is 10.7. The molecule has 0 radical (unpaired) electrons. The molecule has 3 unspecified atom stereocenters. The van der Waals surface area contributed by atoms with Crippen molar-refractivity contribution in [3.63, 3.8) is 0 Å². The van der Waals surface area contributed by atoms with Gasteiger partial charge in [-0.25, -0.2) is 4.90 Å². The number of amides is 3. The van der Waals surface area contributed by atoms with Crippen LogP contribution in [0.3, 0.4) is 0 Å². The zero-order valence-electron chi connectivity index (χ0n) is 21.8. The smallest absolute Gasteiger partial charge is 0.324 e. The lowest BCUT2D eigenvalue weighted by molar-refractivity contribution is -0.138. The van der Waals surface area contributed by atoms with Gasteiger partial charge in [0.05, 0.1) is 33.4 Å². The number of thiophene rings is 1. The predicted molar refractivity (Wildman–Crippen MR) is 152 cm³/mol. The molecule has 1 saturated heterocycles. The fourth-order valence-electron chi connectivity index (χ4n) is 5.28. The summed E-state index contributed by atoms with van der Waals surface area (Å²) in [6.07, 6.45) is -9.47. The summed E-state index contributed by atoms with van der Waals surface area (Å²) in [4.78, 5) is 54.7. The molecule has 7 nitrogen and oxygen atoms in total. The van der Waals surface area contributed by atoms with E-state index >= 15 is 0 Å². The minimum Gasteiger partial charge on any atom is -0.324 e. The number of hydrogen-bond donors (Lipinski definition) is 1. The molecule has 0 aliphatic carbocycles. The van der Waals surface area contributed by atoms with E-state index in [0.717, 1.165) is 56.8 Å². The molecule has 0 spiro atoms. The van der Waals surface area contributed by atoms with Gasteiger partial charge in [-0.05, 0) is 41.8 Å². The van der Waals surface area contributed by atoms with Crippen molar-refractivity contribution in [2.75, 3.05) is 10.2 Å². The minimum absolute atomic E-state index is 0.186. The molecule has 1 fully saturated rings. The lowest BCUT2D eigenvalue weighted by atomic mass is 9.87. The van der Waals surface area contributed by atoms with Gasteiger partial charge >= 0.3 is 17.2 Å². The first-order valence-corrected chi connectivity index (χ1v) is 15.3. The predicted octanol–water partition coefficient (Wildman–Crippen LogP) is 6.44. The van der Waals surface area contributed by atoms with Crippen molar-refractivity contribution in [1.82, 2.24) is 4.57 Å². The van der Waals surface area contributed by atoms with E-state index in [-0.39, 0.29) is 10.7 Å². The number of carbonyl (C=O) groups is 3. The number of halogens is 6. The lowest BCUT2D eigenvalue weighted by Crippen LogP contribution is -2.32. The van der Waals surface area contributed by atoms with Crippen LogP contribution in [0.1, 0.15) is 26.8 Å². The molecule has 44 heavy (non-hydrogen) atoms. The Morgan fingerprint density at radius 1 is 0.886 bits per heavy atom. The highest BCUT2D eigenvalue weighted by Crippen LogP contribution is 2.54. The Bertz CT molecular complexity index is 1850. The van der Waals surface area contributed by atoms with Gasteiger partial charge in [-0.15, -0.1) is 11.3 Å². The number of anilines is 2. The molecule has 4 aromatic rings. The number of fused-ring (bicyclic) bond motifs is 2. The summed E-state index contributed by atoms with van der Waals surface area (Å²) in [6, 6.07) is 11.6. The van der Waals surface area contributed by atoms with Gasteiger partial charge in [0.1, 0.15) is 11.8 Å². The van der Waals surface area contributed by atoms with E-state index in [1.54, 1.807) is 17.5 Å². The van der Waals surface area contributed by atoms with E-state index in [9.17, 15) is 45.5 Å². The van der Waals surface area contributed by atoms with Crippen LogP contribution in [0.4, 0.5) is 37.7 Å². The number of hydrogen-bond acceptors (Lipinski definition) is 7. The van der Waals surface area contributed by atoms with Crippen molar-refractivity contribution in [3.8, 4) is 0 Å². The van der Waals surface area contributed by atoms with Crippen molar-refractivity contribution >= 4 is 63.5 Å². The van der Waals surface area contributed by atoms with Gasteiger partial charge in [0.2, 0.25) is 17.7 Å². The maximum atomic E-state index is 13.8. The minimum atomic E-state index is -4.75. The number of aromatic nitrogens is 1. The first-order chi connectivity index (χ1) is 20.8. The number of alkyl halides is 6. The van der Waals surface area contributed by atoms with Crippen LogP contribution in [0.2, 0.25) is 0 Å². The van der Waals surface area contributed by atoms with E-state index < -0.39 is 75.4 Å². The monoisotopic (exact) mass is 669 g/mol. The molecule has 3 atom stereocenters. The zero-order chi connectivity index (χ0) is 31.6. The molecule has 6 rings (SSSR count). The Labute approximate surface area is 256 Å². The zero-order valence-corrected chi connectivity index (χ0v) is 24.3. The summed E-state index contributed by atoms with van der Waals surface area (Å²) in [5.74, 6) is -4.34. The normalized spacial score (nSPS) is 20.0. The number of imide groups is 1. The number of benzene rings is 2.